The van der Waals surface area contributed by atoms with Gasteiger partial charge in [0.15, 0.2) is 5.82 Å². The molecular weight excluding hydrogens is 266 g/mol. The zero-order chi connectivity index (χ0) is 13.2. The Bertz CT molecular complexity index is 602. The van der Waals surface area contributed by atoms with Crippen LogP contribution in [0.2, 0.25) is 5.02 Å². The first-order valence-corrected chi connectivity index (χ1v) is 6.22. The van der Waals surface area contributed by atoms with Crippen molar-refractivity contribution in [3.63, 3.8) is 0 Å². The lowest BCUT2D eigenvalue weighted by Gasteiger charge is -2.19. The highest BCUT2D eigenvalue weighted by Crippen LogP contribution is 2.27. The largest absolute Gasteiger partial charge is 0.376 e. The van der Waals surface area contributed by atoms with Crippen molar-refractivity contribution in [3.05, 3.63) is 34.6 Å². The second kappa shape index (κ2) is 5.08. The fraction of sp³-hybridized carbons (Fsp3) is 0.250. The summed E-state index contributed by atoms with van der Waals surface area (Å²) in [6.45, 7) is 1.11. The van der Waals surface area contributed by atoms with Crippen LogP contribution >= 0.6 is 11.6 Å². The van der Waals surface area contributed by atoms with Gasteiger partial charge in [-0.25, -0.2) is 15.8 Å². The highest BCUT2D eigenvalue weighted by atomic mass is 35.5. The van der Waals surface area contributed by atoms with E-state index in [1.807, 2.05) is 0 Å². The number of halogens is 1. The molecule has 1 aliphatic rings. The van der Waals surface area contributed by atoms with Crippen LogP contribution < -0.4 is 11.3 Å². The van der Waals surface area contributed by atoms with Gasteiger partial charge in [0, 0.05) is 18.2 Å². The number of anilines is 1. The molecule has 0 aromatic carbocycles. The maximum atomic E-state index is 6.12. The van der Waals surface area contributed by atoms with E-state index in [0.717, 1.165) is 17.7 Å². The van der Waals surface area contributed by atoms with Gasteiger partial charge in [-0.1, -0.05) is 11.6 Å². The summed E-state index contributed by atoms with van der Waals surface area (Å²) >= 11 is 6.12. The number of ether oxygens (including phenoxy) is 1. The van der Waals surface area contributed by atoms with Crippen LogP contribution in [0.25, 0.3) is 11.5 Å². The summed E-state index contributed by atoms with van der Waals surface area (Å²) < 4.78 is 5.39. The van der Waals surface area contributed by atoms with Gasteiger partial charge in [0.25, 0.3) is 0 Å². The van der Waals surface area contributed by atoms with E-state index in [4.69, 9.17) is 22.2 Å². The Morgan fingerprint density at radius 3 is 3.05 bits per heavy atom. The number of nitrogens with one attached hydrogen (secondary N) is 1. The molecular formula is C12H12ClN5O. The molecule has 0 radical (unpaired) electrons. The Hall–Kier alpha value is -1.76. The number of nitrogens with zero attached hydrogens (tertiary/aromatic N) is 3. The van der Waals surface area contributed by atoms with Crippen molar-refractivity contribution >= 4 is 17.4 Å². The second-order valence-corrected chi connectivity index (χ2v) is 4.51. The Labute approximate surface area is 115 Å². The minimum atomic E-state index is 0.463. The number of rotatable bonds is 2. The van der Waals surface area contributed by atoms with Crippen LogP contribution in [0, 0.1) is 0 Å². The van der Waals surface area contributed by atoms with Crippen molar-refractivity contribution in [2.45, 2.75) is 13.0 Å². The molecule has 98 valence electrons. The molecule has 19 heavy (non-hydrogen) atoms. The molecule has 3 heterocycles. The molecule has 0 fully saturated rings. The third-order valence-corrected chi connectivity index (χ3v) is 3.23. The van der Waals surface area contributed by atoms with E-state index < -0.39 is 0 Å². The molecule has 0 saturated heterocycles. The quantitative estimate of drug-likeness (QED) is 0.640. The Morgan fingerprint density at radius 1 is 1.37 bits per heavy atom. The molecule has 3 N–H and O–H groups in total. The topological polar surface area (TPSA) is 86.0 Å². The average molecular weight is 278 g/mol. The lowest BCUT2D eigenvalue weighted by atomic mass is 10.1. The first kappa shape index (κ1) is 12.3. The zero-order valence-electron chi connectivity index (χ0n) is 10.1. The first-order chi connectivity index (χ1) is 9.29. The summed E-state index contributed by atoms with van der Waals surface area (Å²) in [4.78, 5) is 13.1. The summed E-state index contributed by atoms with van der Waals surface area (Å²) in [5.41, 5.74) is 4.95. The summed E-state index contributed by atoms with van der Waals surface area (Å²) in [6, 6.07) is 3.52. The van der Waals surface area contributed by atoms with E-state index in [0.29, 0.717) is 35.6 Å². The van der Waals surface area contributed by atoms with Crippen LogP contribution in [0.3, 0.4) is 0 Å². The normalized spacial score (nSPS) is 14.0. The molecule has 0 unspecified atom stereocenters. The van der Waals surface area contributed by atoms with E-state index in [-0.39, 0.29) is 0 Å². The highest BCUT2D eigenvalue weighted by molar-refractivity contribution is 6.32. The molecule has 3 rings (SSSR count). The molecule has 0 amide bonds. The van der Waals surface area contributed by atoms with E-state index in [2.05, 4.69) is 20.4 Å². The zero-order valence-corrected chi connectivity index (χ0v) is 10.8. The molecule has 2 aromatic heterocycles. The van der Waals surface area contributed by atoms with Gasteiger partial charge in [0.1, 0.15) is 11.5 Å². The minimum Gasteiger partial charge on any atom is -0.376 e. The van der Waals surface area contributed by atoms with Crippen molar-refractivity contribution in [3.8, 4) is 11.5 Å². The third kappa shape index (κ3) is 2.25. The molecule has 0 aliphatic carbocycles. The maximum Gasteiger partial charge on any atom is 0.182 e. The molecule has 2 aromatic rings. The Morgan fingerprint density at radius 2 is 2.26 bits per heavy atom. The van der Waals surface area contributed by atoms with Crippen molar-refractivity contribution in [2.24, 2.45) is 5.84 Å². The van der Waals surface area contributed by atoms with E-state index >= 15 is 0 Å². The molecule has 0 saturated carbocycles. The Balaban J connectivity index is 2.15. The van der Waals surface area contributed by atoms with Crippen molar-refractivity contribution in [1.29, 1.82) is 0 Å². The van der Waals surface area contributed by atoms with E-state index in [9.17, 15) is 0 Å². The number of hydrogen-bond donors (Lipinski definition) is 2. The van der Waals surface area contributed by atoms with Crippen molar-refractivity contribution in [2.75, 3.05) is 12.0 Å². The molecule has 1 aliphatic heterocycles. The summed E-state index contributed by atoms with van der Waals surface area (Å²) in [7, 11) is 0. The highest BCUT2D eigenvalue weighted by Gasteiger charge is 2.19. The van der Waals surface area contributed by atoms with Crippen LogP contribution in [-0.4, -0.2) is 21.6 Å². The summed E-state index contributed by atoms with van der Waals surface area (Å²) in [5.74, 6) is 6.54. The van der Waals surface area contributed by atoms with Crippen LogP contribution in [0.1, 0.15) is 11.3 Å². The fourth-order valence-corrected chi connectivity index (χ4v) is 2.21. The standard InChI is InChI=1S/C12H12ClN5O/c13-8-2-1-4-15-10(8)12-16-9-3-5-19-6-7(9)11(17-12)18-14/h1-2,4H,3,5-6,14H2,(H,16,17,18). The molecule has 0 atom stereocenters. The average Bonchev–Trinajstić information content (AvgIpc) is 2.46. The van der Waals surface area contributed by atoms with E-state index in [1.54, 1.807) is 18.3 Å². The number of nitrogens with two attached hydrogens (primary N) is 1. The van der Waals surface area contributed by atoms with Crippen LogP contribution in [0.4, 0.5) is 5.82 Å². The first-order valence-electron chi connectivity index (χ1n) is 5.84. The number of fused-ring (bicyclic) bond motifs is 1. The molecule has 0 bridgehead atoms. The van der Waals surface area contributed by atoms with Gasteiger partial charge in [-0.15, -0.1) is 0 Å². The number of hydrazine groups is 1. The molecule has 6 nitrogen and oxygen atoms in total. The smallest absolute Gasteiger partial charge is 0.182 e. The third-order valence-electron chi connectivity index (χ3n) is 2.93. The number of nitrogen functional groups attached to an aromatic ring is 1. The Kier molecular flexibility index (Phi) is 3.29. The summed E-state index contributed by atoms with van der Waals surface area (Å²) in [5, 5.41) is 0.512. The van der Waals surface area contributed by atoms with Crippen LogP contribution in [0.5, 0.6) is 0 Å². The number of aromatic nitrogens is 3. The lowest BCUT2D eigenvalue weighted by Crippen LogP contribution is -2.19. The van der Waals surface area contributed by atoms with Gasteiger partial charge in [-0.05, 0) is 12.1 Å². The SMILES string of the molecule is NNc1nc(-c2ncccc2Cl)nc2c1COCC2. The summed E-state index contributed by atoms with van der Waals surface area (Å²) in [6.07, 6.45) is 2.38. The number of hydrogen-bond acceptors (Lipinski definition) is 6. The van der Waals surface area contributed by atoms with Crippen molar-refractivity contribution in [1.82, 2.24) is 15.0 Å². The monoisotopic (exact) mass is 277 g/mol. The fourth-order valence-electron chi connectivity index (χ4n) is 2.01. The van der Waals surface area contributed by atoms with Gasteiger partial charge in [0.2, 0.25) is 0 Å². The van der Waals surface area contributed by atoms with Crippen LogP contribution in [0.15, 0.2) is 18.3 Å². The van der Waals surface area contributed by atoms with Gasteiger partial charge >= 0.3 is 0 Å². The predicted octanol–water partition coefficient (Wildman–Crippen LogP) is 1.55. The van der Waals surface area contributed by atoms with Gasteiger partial charge in [-0.3, -0.25) is 4.98 Å². The lowest BCUT2D eigenvalue weighted by molar-refractivity contribution is 0.109. The predicted molar refractivity (Wildman–Crippen MR) is 71.4 cm³/mol. The van der Waals surface area contributed by atoms with Crippen LogP contribution in [-0.2, 0) is 17.8 Å². The van der Waals surface area contributed by atoms with Gasteiger partial charge in [-0.2, -0.15) is 0 Å². The minimum absolute atomic E-state index is 0.463. The molecule has 0 spiro atoms. The second-order valence-electron chi connectivity index (χ2n) is 4.10. The molecule has 7 heteroatoms. The van der Waals surface area contributed by atoms with E-state index in [1.165, 1.54) is 0 Å². The van der Waals surface area contributed by atoms with Gasteiger partial charge < -0.3 is 10.2 Å². The van der Waals surface area contributed by atoms with Crippen molar-refractivity contribution < 1.29 is 4.74 Å². The number of pyridine rings is 1. The van der Waals surface area contributed by atoms with Gasteiger partial charge in [0.05, 0.1) is 23.9 Å². The maximum absolute atomic E-state index is 6.12.